The molecule has 0 fully saturated rings. The van der Waals surface area contributed by atoms with Gasteiger partial charge < -0.3 is 15.2 Å². The topological polar surface area (TPSA) is 58.6 Å². The number of aliphatic hydroxyl groups is 1. The third-order valence-corrected chi connectivity index (χ3v) is 4.37. The van der Waals surface area contributed by atoms with Crippen LogP contribution in [-0.2, 0) is 4.79 Å². The molecule has 0 saturated carbocycles. The first-order valence-corrected chi connectivity index (χ1v) is 7.63. The average Bonchev–Trinajstić information content (AvgIpc) is 3.06. The van der Waals surface area contributed by atoms with Crippen LogP contribution in [0.25, 0.3) is 0 Å². The molecule has 1 aromatic carbocycles. The lowest BCUT2D eigenvalue weighted by Gasteiger charge is -2.15. The van der Waals surface area contributed by atoms with Crippen LogP contribution in [0.1, 0.15) is 29.4 Å². The number of aliphatic hydroxyl groups excluding tert-OH is 1. The second kappa shape index (κ2) is 7.24. The van der Waals surface area contributed by atoms with E-state index in [1.165, 1.54) is 4.88 Å². The predicted molar refractivity (Wildman–Crippen MR) is 83.7 cm³/mol. The van der Waals surface area contributed by atoms with Crippen LogP contribution >= 0.6 is 11.3 Å². The molecule has 0 bridgehead atoms. The molecule has 2 atom stereocenters. The van der Waals surface area contributed by atoms with Gasteiger partial charge in [-0.25, -0.2) is 0 Å². The van der Waals surface area contributed by atoms with Gasteiger partial charge in [-0.3, -0.25) is 4.79 Å². The van der Waals surface area contributed by atoms with Crippen molar-refractivity contribution < 1.29 is 14.6 Å². The number of thiophene rings is 1. The van der Waals surface area contributed by atoms with Crippen LogP contribution in [0.4, 0.5) is 0 Å². The fourth-order valence-electron chi connectivity index (χ4n) is 1.99. The molecule has 2 aromatic rings. The third kappa shape index (κ3) is 4.06. The van der Waals surface area contributed by atoms with Gasteiger partial charge in [-0.05, 0) is 29.1 Å². The SMILES string of the molecule is COc1cccc([C@H](O)C(=O)NC[C@@H](C)c2cccs2)c1. The number of carbonyl (C=O) groups is 1. The average molecular weight is 305 g/mol. The molecule has 0 spiro atoms. The van der Waals surface area contributed by atoms with Crippen LogP contribution < -0.4 is 10.1 Å². The zero-order valence-electron chi connectivity index (χ0n) is 12.1. The molecule has 21 heavy (non-hydrogen) atoms. The van der Waals surface area contributed by atoms with E-state index in [0.29, 0.717) is 17.9 Å². The van der Waals surface area contributed by atoms with E-state index in [2.05, 4.69) is 5.32 Å². The van der Waals surface area contributed by atoms with Gasteiger partial charge >= 0.3 is 0 Å². The number of hydrogen-bond acceptors (Lipinski definition) is 4. The molecular formula is C16H19NO3S. The van der Waals surface area contributed by atoms with Crippen LogP contribution in [0.5, 0.6) is 5.75 Å². The Labute approximate surface area is 128 Å². The monoisotopic (exact) mass is 305 g/mol. The van der Waals surface area contributed by atoms with E-state index in [-0.39, 0.29) is 5.92 Å². The summed E-state index contributed by atoms with van der Waals surface area (Å²) in [7, 11) is 1.55. The van der Waals surface area contributed by atoms with Crippen molar-refractivity contribution in [2.75, 3.05) is 13.7 Å². The quantitative estimate of drug-likeness (QED) is 0.862. The predicted octanol–water partition coefficient (Wildman–Crippen LogP) is 2.71. The standard InChI is InChI=1S/C16H19NO3S/c1-11(14-7-4-8-21-14)10-17-16(19)15(18)12-5-3-6-13(9-12)20-2/h3-9,11,15,18H,10H2,1-2H3,(H,17,19)/t11-,15+/m1/s1. The highest BCUT2D eigenvalue weighted by molar-refractivity contribution is 7.10. The van der Waals surface area contributed by atoms with Gasteiger partial charge in [0.25, 0.3) is 5.91 Å². The summed E-state index contributed by atoms with van der Waals surface area (Å²) in [4.78, 5) is 13.2. The Morgan fingerprint density at radius 3 is 2.86 bits per heavy atom. The number of nitrogens with one attached hydrogen (secondary N) is 1. The van der Waals surface area contributed by atoms with Gasteiger partial charge in [0.15, 0.2) is 6.10 Å². The summed E-state index contributed by atoms with van der Waals surface area (Å²) in [6, 6.07) is 10.9. The Balaban J connectivity index is 1.93. The highest BCUT2D eigenvalue weighted by Gasteiger charge is 2.18. The molecule has 112 valence electrons. The maximum atomic E-state index is 12.0. The van der Waals surface area contributed by atoms with Crippen molar-refractivity contribution in [1.82, 2.24) is 5.32 Å². The lowest BCUT2D eigenvalue weighted by molar-refractivity contribution is -0.129. The van der Waals surface area contributed by atoms with E-state index in [1.807, 2.05) is 24.4 Å². The van der Waals surface area contributed by atoms with Crippen molar-refractivity contribution in [3.8, 4) is 5.75 Å². The summed E-state index contributed by atoms with van der Waals surface area (Å²) >= 11 is 1.66. The minimum Gasteiger partial charge on any atom is -0.497 e. The van der Waals surface area contributed by atoms with Gasteiger partial charge in [0.05, 0.1) is 7.11 Å². The first-order valence-electron chi connectivity index (χ1n) is 6.75. The van der Waals surface area contributed by atoms with Gasteiger partial charge in [-0.2, -0.15) is 0 Å². The van der Waals surface area contributed by atoms with Crippen molar-refractivity contribution in [3.05, 3.63) is 52.2 Å². The number of rotatable bonds is 6. The van der Waals surface area contributed by atoms with E-state index in [0.717, 1.165) is 0 Å². The molecule has 2 N–H and O–H groups in total. The van der Waals surface area contributed by atoms with Gasteiger partial charge in [0.2, 0.25) is 0 Å². The van der Waals surface area contributed by atoms with Crippen LogP contribution in [0.2, 0.25) is 0 Å². The number of benzene rings is 1. The third-order valence-electron chi connectivity index (χ3n) is 3.27. The summed E-state index contributed by atoms with van der Waals surface area (Å²) in [6.45, 7) is 2.55. The summed E-state index contributed by atoms with van der Waals surface area (Å²) in [5, 5.41) is 14.9. The van der Waals surface area contributed by atoms with E-state index in [4.69, 9.17) is 4.74 Å². The second-order valence-corrected chi connectivity index (χ2v) is 5.82. The van der Waals surface area contributed by atoms with Crippen LogP contribution in [0, 0.1) is 0 Å². The summed E-state index contributed by atoms with van der Waals surface area (Å²) in [5.74, 6) is 0.449. The number of methoxy groups -OCH3 is 1. The Morgan fingerprint density at radius 2 is 2.19 bits per heavy atom. The molecule has 1 heterocycles. The zero-order valence-corrected chi connectivity index (χ0v) is 12.9. The maximum absolute atomic E-state index is 12.0. The fourth-order valence-corrected chi connectivity index (χ4v) is 2.77. The first kappa shape index (κ1) is 15.5. The first-order chi connectivity index (χ1) is 10.1. The van der Waals surface area contributed by atoms with Crippen LogP contribution in [0.3, 0.4) is 0 Å². The van der Waals surface area contributed by atoms with Crippen molar-refractivity contribution >= 4 is 17.2 Å². The number of carbonyl (C=O) groups excluding carboxylic acids is 1. The van der Waals surface area contributed by atoms with Gasteiger partial charge in [0, 0.05) is 17.3 Å². The molecule has 1 aromatic heterocycles. The molecule has 0 aliphatic heterocycles. The lowest BCUT2D eigenvalue weighted by Crippen LogP contribution is -2.32. The van der Waals surface area contributed by atoms with Crippen LogP contribution in [0.15, 0.2) is 41.8 Å². The molecule has 0 aliphatic rings. The summed E-state index contributed by atoms with van der Waals surface area (Å²) in [5.41, 5.74) is 0.524. The zero-order chi connectivity index (χ0) is 15.2. The van der Waals surface area contributed by atoms with E-state index in [9.17, 15) is 9.90 Å². The number of amides is 1. The Morgan fingerprint density at radius 1 is 1.38 bits per heavy atom. The minimum absolute atomic E-state index is 0.228. The second-order valence-electron chi connectivity index (χ2n) is 4.84. The Kier molecular flexibility index (Phi) is 5.36. The highest BCUT2D eigenvalue weighted by Crippen LogP contribution is 2.21. The molecule has 0 aliphatic carbocycles. The molecule has 5 heteroatoms. The molecule has 0 unspecified atom stereocenters. The van der Waals surface area contributed by atoms with Crippen molar-refractivity contribution in [3.63, 3.8) is 0 Å². The molecule has 1 amide bonds. The van der Waals surface area contributed by atoms with Crippen LogP contribution in [-0.4, -0.2) is 24.7 Å². The fraction of sp³-hybridized carbons (Fsp3) is 0.312. The molecule has 0 radical (unpaired) electrons. The Bertz CT molecular complexity index is 583. The number of hydrogen-bond donors (Lipinski definition) is 2. The molecule has 4 nitrogen and oxygen atoms in total. The largest absolute Gasteiger partial charge is 0.497 e. The molecule has 2 rings (SSSR count). The highest BCUT2D eigenvalue weighted by atomic mass is 32.1. The molecular weight excluding hydrogens is 286 g/mol. The van der Waals surface area contributed by atoms with Gasteiger partial charge in [-0.15, -0.1) is 11.3 Å². The number of ether oxygens (including phenoxy) is 1. The summed E-state index contributed by atoms with van der Waals surface area (Å²) < 4.78 is 5.09. The van der Waals surface area contributed by atoms with E-state index >= 15 is 0 Å². The lowest BCUT2D eigenvalue weighted by atomic mass is 10.1. The minimum atomic E-state index is -1.18. The summed E-state index contributed by atoms with van der Waals surface area (Å²) in [6.07, 6.45) is -1.18. The smallest absolute Gasteiger partial charge is 0.253 e. The van der Waals surface area contributed by atoms with E-state index < -0.39 is 12.0 Å². The van der Waals surface area contributed by atoms with Crippen molar-refractivity contribution in [1.29, 1.82) is 0 Å². The van der Waals surface area contributed by atoms with Gasteiger partial charge in [0.1, 0.15) is 5.75 Å². The normalized spacial score (nSPS) is 13.5. The van der Waals surface area contributed by atoms with E-state index in [1.54, 1.807) is 42.7 Å². The maximum Gasteiger partial charge on any atom is 0.253 e. The van der Waals surface area contributed by atoms with Crippen molar-refractivity contribution in [2.45, 2.75) is 18.9 Å². The van der Waals surface area contributed by atoms with Crippen molar-refractivity contribution in [2.24, 2.45) is 0 Å². The molecule has 0 saturated heterocycles. The Hall–Kier alpha value is -1.85. The van der Waals surface area contributed by atoms with Gasteiger partial charge in [-0.1, -0.05) is 25.1 Å².